The monoisotopic (exact) mass is 250 g/mol. The first kappa shape index (κ1) is 12.7. The standard InChI is InChI=1S/C11H18N6O/c1-4-8-12-9(14-13-8)6-17(3)7-11-16-15-10(5-2)18-11/h4-7H2,1-3H3,(H,12,13,14). The Morgan fingerprint density at radius 1 is 1.11 bits per heavy atom. The number of aromatic amines is 1. The Hall–Kier alpha value is -1.76. The van der Waals surface area contributed by atoms with Gasteiger partial charge in [0.15, 0.2) is 0 Å². The fourth-order valence-corrected chi connectivity index (χ4v) is 1.60. The highest BCUT2D eigenvalue weighted by atomic mass is 16.4. The summed E-state index contributed by atoms with van der Waals surface area (Å²) in [6.07, 6.45) is 1.60. The average Bonchev–Trinajstić information content (AvgIpc) is 2.98. The van der Waals surface area contributed by atoms with E-state index >= 15 is 0 Å². The number of hydrogen-bond donors (Lipinski definition) is 1. The van der Waals surface area contributed by atoms with Gasteiger partial charge in [0.2, 0.25) is 11.8 Å². The second-order valence-corrected chi connectivity index (χ2v) is 4.17. The Balaban J connectivity index is 1.89. The molecule has 0 aliphatic carbocycles. The highest BCUT2D eigenvalue weighted by molar-refractivity contribution is 4.90. The average molecular weight is 250 g/mol. The number of rotatable bonds is 6. The van der Waals surface area contributed by atoms with E-state index in [9.17, 15) is 0 Å². The molecule has 1 N–H and O–H groups in total. The van der Waals surface area contributed by atoms with Crippen LogP contribution >= 0.6 is 0 Å². The lowest BCUT2D eigenvalue weighted by atomic mass is 10.4. The Kier molecular flexibility index (Phi) is 4.03. The summed E-state index contributed by atoms with van der Waals surface area (Å²) >= 11 is 0. The lowest BCUT2D eigenvalue weighted by Crippen LogP contribution is -2.18. The molecule has 7 heteroatoms. The summed E-state index contributed by atoms with van der Waals surface area (Å²) in [6, 6.07) is 0. The zero-order valence-corrected chi connectivity index (χ0v) is 11.0. The van der Waals surface area contributed by atoms with Gasteiger partial charge in [-0.1, -0.05) is 13.8 Å². The maximum atomic E-state index is 5.46. The van der Waals surface area contributed by atoms with E-state index in [0.717, 1.165) is 24.5 Å². The van der Waals surface area contributed by atoms with E-state index in [1.807, 2.05) is 25.8 Å². The van der Waals surface area contributed by atoms with Crippen LogP contribution in [0.2, 0.25) is 0 Å². The molecule has 0 amide bonds. The van der Waals surface area contributed by atoms with Gasteiger partial charge in [0.05, 0.1) is 13.1 Å². The SMILES string of the molecule is CCc1n[nH]c(CN(C)Cc2nnc(CC)o2)n1. The molecular formula is C11H18N6O. The van der Waals surface area contributed by atoms with Crippen molar-refractivity contribution in [3.05, 3.63) is 23.4 Å². The Morgan fingerprint density at radius 2 is 1.89 bits per heavy atom. The maximum absolute atomic E-state index is 5.46. The van der Waals surface area contributed by atoms with E-state index < -0.39 is 0 Å². The molecule has 0 spiro atoms. The number of H-pyrrole nitrogens is 1. The predicted octanol–water partition coefficient (Wildman–Crippen LogP) is 0.944. The first-order valence-corrected chi connectivity index (χ1v) is 6.11. The van der Waals surface area contributed by atoms with Crippen LogP contribution in [0, 0.1) is 0 Å². The summed E-state index contributed by atoms with van der Waals surface area (Å²) in [5, 5.41) is 14.9. The topological polar surface area (TPSA) is 83.7 Å². The van der Waals surface area contributed by atoms with Gasteiger partial charge in [-0.2, -0.15) is 5.10 Å². The molecule has 2 rings (SSSR count). The highest BCUT2D eigenvalue weighted by Gasteiger charge is 2.10. The van der Waals surface area contributed by atoms with Gasteiger partial charge in [-0.15, -0.1) is 10.2 Å². The van der Waals surface area contributed by atoms with Crippen molar-refractivity contribution in [2.75, 3.05) is 7.05 Å². The quantitative estimate of drug-likeness (QED) is 0.821. The molecule has 0 saturated heterocycles. The fraction of sp³-hybridized carbons (Fsp3) is 0.636. The zero-order chi connectivity index (χ0) is 13.0. The third-order valence-corrected chi connectivity index (χ3v) is 2.53. The van der Waals surface area contributed by atoms with Crippen LogP contribution in [0.25, 0.3) is 0 Å². The van der Waals surface area contributed by atoms with E-state index in [1.165, 1.54) is 0 Å². The van der Waals surface area contributed by atoms with Crippen LogP contribution in [0.3, 0.4) is 0 Å². The smallest absolute Gasteiger partial charge is 0.230 e. The van der Waals surface area contributed by atoms with E-state index in [4.69, 9.17) is 4.42 Å². The van der Waals surface area contributed by atoms with Gasteiger partial charge in [-0.05, 0) is 7.05 Å². The van der Waals surface area contributed by atoms with Crippen LogP contribution in [0.4, 0.5) is 0 Å². The summed E-state index contributed by atoms with van der Waals surface area (Å²) < 4.78 is 5.46. The molecule has 0 aliphatic rings. The first-order chi connectivity index (χ1) is 8.71. The minimum Gasteiger partial charge on any atom is -0.424 e. The van der Waals surface area contributed by atoms with Crippen molar-refractivity contribution in [1.29, 1.82) is 0 Å². The molecule has 0 atom stereocenters. The van der Waals surface area contributed by atoms with Gasteiger partial charge < -0.3 is 4.42 Å². The molecule has 0 bridgehead atoms. The van der Waals surface area contributed by atoms with Gasteiger partial charge in [0.1, 0.15) is 11.6 Å². The summed E-state index contributed by atoms with van der Waals surface area (Å²) in [7, 11) is 1.98. The number of nitrogens with zero attached hydrogens (tertiary/aromatic N) is 5. The molecule has 0 unspecified atom stereocenters. The lowest BCUT2D eigenvalue weighted by Gasteiger charge is -2.11. The number of aromatic nitrogens is 5. The molecule has 2 aromatic heterocycles. The Morgan fingerprint density at radius 3 is 2.50 bits per heavy atom. The molecule has 2 heterocycles. The summed E-state index contributed by atoms with van der Waals surface area (Å²) in [5.74, 6) is 2.99. The third kappa shape index (κ3) is 3.13. The minimum atomic E-state index is 0.606. The van der Waals surface area contributed by atoms with Crippen LogP contribution in [0.5, 0.6) is 0 Å². The molecule has 0 fully saturated rings. The van der Waals surface area contributed by atoms with Crippen molar-refractivity contribution in [2.24, 2.45) is 0 Å². The van der Waals surface area contributed by atoms with E-state index in [1.54, 1.807) is 0 Å². The van der Waals surface area contributed by atoms with Crippen LogP contribution in [0.15, 0.2) is 4.42 Å². The van der Waals surface area contributed by atoms with Crippen molar-refractivity contribution in [3.8, 4) is 0 Å². The Labute approximate surface area is 106 Å². The number of aryl methyl sites for hydroxylation is 2. The van der Waals surface area contributed by atoms with E-state index in [0.29, 0.717) is 24.9 Å². The molecule has 0 aliphatic heterocycles. The molecule has 2 aromatic rings. The molecule has 7 nitrogen and oxygen atoms in total. The van der Waals surface area contributed by atoms with Crippen LogP contribution in [-0.4, -0.2) is 37.3 Å². The molecular weight excluding hydrogens is 232 g/mol. The van der Waals surface area contributed by atoms with E-state index in [-0.39, 0.29) is 0 Å². The molecule has 0 radical (unpaired) electrons. The summed E-state index contributed by atoms with van der Waals surface area (Å²) in [6.45, 7) is 5.30. The van der Waals surface area contributed by atoms with Crippen molar-refractivity contribution in [2.45, 2.75) is 39.8 Å². The third-order valence-electron chi connectivity index (χ3n) is 2.53. The molecule has 18 heavy (non-hydrogen) atoms. The van der Waals surface area contributed by atoms with Crippen molar-refractivity contribution in [1.82, 2.24) is 30.3 Å². The second-order valence-electron chi connectivity index (χ2n) is 4.17. The van der Waals surface area contributed by atoms with Gasteiger partial charge in [-0.25, -0.2) is 4.98 Å². The van der Waals surface area contributed by atoms with E-state index in [2.05, 4.69) is 25.4 Å². The Bertz CT molecular complexity index is 447. The minimum absolute atomic E-state index is 0.606. The second kappa shape index (κ2) is 5.72. The fourth-order valence-electron chi connectivity index (χ4n) is 1.60. The summed E-state index contributed by atoms with van der Waals surface area (Å²) in [5.41, 5.74) is 0. The number of nitrogens with one attached hydrogen (secondary N) is 1. The first-order valence-electron chi connectivity index (χ1n) is 6.11. The van der Waals surface area contributed by atoms with Gasteiger partial charge in [0, 0.05) is 12.8 Å². The van der Waals surface area contributed by atoms with Crippen LogP contribution in [-0.2, 0) is 25.9 Å². The molecule has 0 saturated carbocycles. The maximum Gasteiger partial charge on any atom is 0.230 e. The lowest BCUT2D eigenvalue weighted by molar-refractivity contribution is 0.272. The van der Waals surface area contributed by atoms with Gasteiger partial charge in [-0.3, -0.25) is 10.00 Å². The van der Waals surface area contributed by atoms with Crippen LogP contribution < -0.4 is 0 Å². The van der Waals surface area contributed by atoms with Crippen LogP contribution in [0.1, 0.15) is 37.3 Å². The summed E-state index contributed by atoms with van der Waals surface area (Å²) in [4.78, 5) is 6.41. The molecule has 0 aromatic carbocycles. The van der Waals surface area contributed by atoms with Crippen molar-refractivity contribution >= 4 is 0 Å². The largest absolute Gasteiger partial charge is 0.424 e. The highest BCUT2D eigenvalue weighted by Crippen LogP contribution is 2.05. The van der Waals surface area contributed by atoms with Gasteiger partial charge in [0.25, 0.3) is 0 Å². The normalized spacial score (nSPS) is 11.3. The molecule has 98 valence electrons. The van der Waals surface area contributed by atoms with Gasteiger partial charge >= 0.3 is 0 Å². The van der Waals surface area contributed by atoms with Crippen molar-refractivity contribution in [3.63, 3.8) is 0 Å². The zero-order valence-electron chi connectivity index (χ0n) is 11.0. The van der Waals surface area contributed by atoms with Crippen molar-refractivity contribution < 1.29 is 4.42 Å². The predicted molar refractivity (Wildman–Crippen MR) is 64.6 cm³/mol. The number of hydrogen-bond acceptors (Lipinski definition) is 6.